The smallest absolute Gasteiger partial charge is 0.228 e. The van der Waals surface area contributed by atoms with Crippen LogP contribution in [0.4, 0.5) is 20.2 Å². The number of benzene rings is 2. The van der Waals surface area contributed by atoms with Crippen molar-refractivity contribution in [2.24, 2.45) is 0 Å². The second kappa shape index (κ2) is 5.69. The number of nitrogens with one attached hydrogen (secondary N) is 1. The monoisotopic (exact) mass is 276 g/mol. The molecule has 2 aromatic carbocycles. The van der Waals surface area contributed by atoms with Gasteiger partial charge in [-0.25, -0.2) is 8.78 Å². The summed E-state index contributed by atoms with van der Waals surface area (Å²) >= 11 is 0. The lowest BCUT2D eigenvalue weighted by Crippen LogP contribution is -2.17. The average Bonchev–Trinajstić information content (AvgIpc) is 2.36. The Bertz CT molecular complexity index is 633. The molecule has 20 heavy (non-hydrogen) atoms. The second-order valence-corrected chi connectivity index (χ2v) is 4.50. The van der Waals surface area contributed by atoms with Gasteiger partial charge in [-0.15, -0.1) is 0 Å². The molecule has 2 aromatic rings. The van der Waals surface area contributed by atoms with E-state index >= 15 is 0 Å². The molecule has 0 atom stereocenters. The number of halogens is 2. The molecule has 0 radical (unpaired) electrons. The van der Waals surface area contributed by atoms with Crippen LogP contribution >= 0.6 is 0 Å². The Morgan fingerprint density at radius 2 is 1.95 bits per heavy atom. The third-order valence-corrected chi connectivity index (χ3v) is 2.96. The normalized spacial score (nSPS) is 10.3. The lowest BCUT2D eigenvalue weighted by molar-refractivity contribution is -0.115. The molecular formula is C15H14F2N2O. The number of anilines is 2. The van der Waals surface area contributed by atoms with E-state index in [0.717, 1.165) is 17.2 Å². The predicted octanol–water partition coefficient (Wildman–Crippen LogP) is 3.04. The fourth-order valence-electron chi connectivity index (χ4n) is 1.89. The van der Waals surface area contributed by atoms with Crippen molar-refractivity contribution in [2.45, 2.75) is 13.3 Å². The van der Waals surface area contributed by atoms with Crippen LogP contribution in [0, 0.1) is 18.6 Å². The van der Waals surface area contributed by atoms with Gasteiger partial charge < -0.3 is 11.1 Å². The molecule has 0 saturated carbocycles. The summed E-state index contributed by atoms with van der Waals surface area (Å²) in [5.74, 6) is -2.07. The highest BCUT2D eigenvalue weighted by atomic mass is 19.1. The van der Waals surface area contributed by atoms with Gasteiger partial charge in [0, 0.05) is 6.07 Å². The molecule has 0 aromatic heterocycles. The molecule has 1 amide bonds. The van der Waals surface area contributed by atoms with Crippen molar-refractivity contribution < 1.29 is 13.6 Å². The van der Waals surface area contributed by atoms with Gasteiger partial charge in [0.2, 0.25) is 5.91 Å². The minimum Gasteiger partial charge on any atom is -0.397 e. The molecule has 0 unspecified atom stereocenters. The molecule has 5 heteroatoms. The highest BCUT2D eigenvalue weighted by molar-refractivity contribution is 5.95. The fourth-order valence-corrected chi connectivity index (χ4v) is 1.89. The molecule has 2 rings (SSSR count). The number of amides is 1. The molecule has 0 fully saturated rings. The summed E-state index contributed by atoms with van der Waals surface area (Å²) in [5, 5.41) is 2.38. The van der Waals surface area contributed by atoms with Crippen molar-refractivity contribution in [3.05, 3.63) is 59.2 Å². The Morgan fingerprint density at radius 3 is 2.60 bits per heavy atom. The lowest BCUT2D eigenvalue weighted by Gasteiger charge is -2.10. The number of rotatable bonds is 3. The summed E-state index contributed by atoms with van der Waals surface area (Å²) in [6, 6.07) is 9.04. The van der Waals surface area contributed by atoms with E-state index in [1.165, 1.54) is 0 Å². The van der Waals surface area contributed by atoms with E-state index in [0.29, 0.717) is 6.07 Å². The SMILES string of the molecule is Cc1ccccc1CC(=O)Nc1c(N)cc(F)cc1F. The van der Waals surface area contributed by atoms with E-state index in [9.17, 15) is 13.6 Å². The maximum absolute atomic E-state index is 13.6. The molecule has 0 heterocycles. The van der Waals surface area contributed by atoms with Crippen LogP contribution in [0.1, 0.15) is 11.1 Å². The molecule has 3 N–H and O–H groups in total. The molecule has 0 aliphatic heterocycles. The highest BCUT2D eigenvalue weighted by Gasteiger charge is 2.13. The first-order chi connectivity index (χ1) is 9.47. The van der Waals surface area contributed by atoms with Crippen LogP contribution in [0.3, 0.4) is 0 Å². The van der Waals surface area contributed by atoms with Gasteiger partial charge in [0.1, 0.15) is 11.5 Å². The van der Waals surface area contributed by atoms with E-state index in [2.05, 4.69) is 5.32 Å². The number of nitrogen functional groups attached to an aromatic ring is 1. The molecule has 0 saturated heterocycles. The highest BCUT2D eigenvalue weighted by Crippen LogP contribution is 2.24. The van der Waals surface area contributed by atoms with Crippen LogP contribution < -0.4 is 11.1 Å². The molecule has 104 valence electrons. The van der Waals surface area contributed by atoms with Gasteiger partial charge >= 0.3 is 0 Å². The van der Waals surface area contributed by atoms with Gasteiger partial charge in [-0.05, 0) is 24.1 Å². The van der Waals surface area contributed by atoms with Crippen molar-refractivity contribution in [1.29, 1.82) is 0 Å². The first kappa shape index (κ1) is 14.0. The summed E-state index contributed by atoms with van der Waals surface area (Å²) in [4.78, 5) is 11.9. The quantitative estimate of drug-likeness (QED) is 0.847. The first-order valence-electron chi connectivity index (χ1n) is 6.06. The van der Waals surface area contributed by atoms with Crippen molar-refractivity contribution >= 4 is 17.3 Å². The number of nitrogens with two attached hydrogens (primary N) is 1. The fraction of sp³-hybridized carbons (Fsp3) is 0.133. The minimum absolute atomic E-state index is 0.100. The van der Waals surface area contributed by atoms with Crippen LogP contribution in [0.2, 0.25) is 0 Å². The van der Waals surface area contributed by atoms with E-state index < -0.39 is 17.5 Å². The van der Waals surface area contributed by atoms with Crippen molar-refractivity contribution in [3.63, 3.8) is 0 Å². The molecule has 3 nitrogen and oxygen atoms in total. The summed E-state index contributed by atoms with van der Waals surface area (Å²) in [7, 11) is 0. The Balaban J connectivity index is 2.15. The Kier molecular flexibility index (Phi) is 3.98. The lowest BCUT2D eigenvalue weighted by atomic mass is 10.1. The zero-order chi connectivity index (χ0) is 14.7. The van der Waals surface area contributed by atoms with Crippen LogP contribution in [-0.4, -0.2) is 5.91 Å². The Labute approximate surface area is 115 Å². The van der Waals surface area contributed by atoms with Crippen LogP contribution in [0.25, 0.3) is 0 Å². The van der Waals surface area contributed by atoms with E-state index in [4.69, 9.17) is 5.73 Å². The predicted molar refractivity (Wildman–Crippen MR) is 74.3 cm³/mol. The molecule has 0 spiro atoms. The number of hydrogen-bond donors (Lipinski definition) is 2. The van der Waals surface area contributed by atoms with Gasteiger partial charge in [0.05, 0.1) is 12.1 Å². The van der Waals surface area contributed by atoms with Crippen LogP contribution in [-0.2, 0) is 11.2 Å². The van der Waals surface area contributed by atoms with Gasteiger partial charge in [-0.1, -0.05) is 24.3 Å². The molecule has 0 bridgehead atoms. The van der Waals surface area contributed by atoms with Gasteiger partial charge in [0.15, 0.2) is 5.82 Å². The molecule has 0 aliphatic carbocycles. The van der Waals surface area contributed by atoms with Crippen LogP contribution in [0.15, 0.2) is 36.4 Å². The zero-order valence-electron chi connectivity index (χ0n) is 10.9. The average molecular weight is 276 g/mol. The number of carbonyl (C=O) groups excluding carboxylic acids is 1. The standard InChI is InChI=1S/C15H14F2N2O/c1-9-4-2-3-5-10(9)6-14(20)19-15-12(17)7-11(16)8-13(15)18/h2-5,7-8H,6,18H2,1H3,(H,19,20). The number of carbonyl (C=O) groups is 1. The second-order valence-electron chi connectivity index (χ2n) is 4.50. The maximum atomic E-state index is 13.6. The van der Waals surface area contributed by atoms with Crippen molar-refractivity contribution in [2.75, 3.05) is 11.1 Å². The topological polar surface area (TPSA) is 55.1 Å². The third-order valence-electron chi connectivity index (χ3n) is 2.96. The summed E-state index contributed by atoms with van der Waals surface area (Å²) in [6.45, 7) is 1.88. The van der Waals surface area contributed by atoms with Crippen molar-refractivity contribution in [1.82, 2.24) is 0 Å². The van der Waals surface area contributed by atoms with Gasteiger partial charge in [0.25, 0.3) is 0 Å². The first-order valence-corrected chi connectivity index (χ1v) is 6.06. The number of aryl methyl sites for hydroxylation is 1. The maximum Gasteiger partial charge on any atom is 0.228 e. The summed E-state index contributed by atoms with van der Waals surface area (Å²) in [5.41, 5.74) is 6.98. The zero-order valence-corrected chi connectivity index (χ0v) is 10.9. The summed E-state index contributed by atoms with van der Waals surface area (Å²) in [6.07, 6.45) is 0.100. The third kappa shape index (κ3) is 3.12. The van der Waals surface area contributed by atoms with Gasteiger partial charge in [-0.3, -0.25) is 4.79 Å². The Hall–Kier alpha value is -2.43. The van der Waals surface area contributed by atoms with E-state index in [1.54, 1.807) is 0 Å². The van der Waals surface area contributed by atoms with Crippen LogP contribution in [0.5, 0.6) is 0 Å². The molecule has 0 aliphatic rings. The van der Waals surface area contributed by atoms with E-state index in [1.807, 2.05) is 31.2 Å². The molecular weight excluding hydrogens is 262 g/mol. The van der Waals surface area contributed by atoms with Gasteiger partial charge in [-0.2, -0.15) is 0 Å². The summed E-state index contributed by atoms with van der Waals surface area (Å²) < 4.78 is 26.5. The largest absolute Gasteiger partial charge is 0.397 e. The number of hydrogen-bond acceptors (Lipinski definition) is 2. The minimum atomic E-state index is -0.888. The van der Waals surface area contributed by atoms with Crippen molar-refractivity contribution in [3.8, 4) is 0 Å². The van der Waals surface area contributed by atoms with E-state index in [-0.39, 0.29) is 17.8 Å². The Morgan fingerprint density at radius 1 is 1.25 bits per heavy atom.